The number of nitrogens with two attached hydrogens (primary N) is 1. The maximum atomic E-state index is 13.4. The zero-order chi connectivity index (χ0) is 10.7. The molecule has 0 amide bonds. The molecule has 0 saturated heterocycles. The fraction of sp³-hybridized carbons (Fsp3) is 0.333. The highest BCUT2D eigenvalue weighted by Gasteiger charge is 2.15. The van der Waals surface area contributed by atoms with Crippen LogP contribution in [-0.2, 0) is 6.42 Å². The van der Waals surface area contributed by atoms with E-state index in [1.54, 1.807) is 0 Å². The van der Waals surface area contributed by atoms with Gasteiger partial charge in [-0.3, -0.25) is 4.79 Å². The summed E-state index contributed by atoms with van der Waals surface area (Å²) >= 11 is 5.61. The molecule has 0 atom stereocenters. The lowest BCUT2D eigenvalue weighted by Gasteiger charge is -2.06. The SMILES string of the molecule is CCCc1nc(C=O)c(Cl)c(N)c1F. The first-order chi connectivity index (χ1) is 6.61. The van der Waals surface area contributed by atoms with Crippen molar-refractivity contribution in [1.29, 1.82) is 0 Å². The van der Waals surface area contributed by atoms with E-state index in [9.17, 15) is 9.18 Å². The number of carbonyl (C=O) groups excluding carboxylic acids is 1. The Balaban J connectivity index is 3.32. The van der Waals surface area contributed by atoms with Crippen molar-refractivity contribution in [2.45, 2.75) is 19.8 Å². The van der Waals surface area contributed by atoms with Gasteiger partial charge in [0.05, 0.1) is 16.4 Å². The molecule has 1 heterocycles. The lowest BCUT2D eigenvalue weighted by Crippen LogP contribution is -2.05. The number of aryl methyl sites for hydroxylation is 1. The molecule has 14 heavy (non-hydrogen) atoms. The second kappa shape index (κ2) is 4.37. The van der Waals surface area contributed by atoms with Crippen molar-refractivity contribution in [1.82, 2.24) is 4.98 Å². The summed E-state index contributed by atoms with van der Waals surface area (Å²) in [7, 11) is 0. The summed E-state index contributed by atoms with van der Waals surface area (Å²) in [6, 6.07) is 0. The molecule has 0 aliphatic rings. The van der Waals surface area contributed by atoms with Gasteiger partial charge in [0.2, 0.25) is 0 Å². The van der Waals surface area contributed by atoms with E-state index in [1.165, 1.54) is 0 Å². The normalized spacial score (nSPS) is 10.2. The molecule has 1 rings (SSSR count). The first-order valence-electron chi connectivity index (χ1n) is 4.20. The predicted octanol–water partition coefficient (Wildman–Crippen LogP) is 2.22. The Morgan fingerprint density at radius 3 is 2.79 bits per heavy atom. The topological polar surface area (TPSA) is 56.0 Å². The highest BCUT2D eigenvalue weighted by atomic mass is 35.5. The molecule has 0 aromatic carbocycles. The van der Waals surface area contributed by atoms with Crippen LogP contribution < -0.4 is 5.73 Å². The van der Waals surface area contributed by atoms with E-state index in [0.29, 0.717) is 12.7 Å². The Morgan fingerprint density at radius 2 is 2.29 bits per heavy atom. The van der Waals surface area contributed by atoms with Crippen molar-refractivity contribution in [3.63, 3.8) is 0 Å². The number of nitrogen functional groups attached to an aromatic ring is 1. The molecule has 0 aliphatic carbocycles. The number of aldehydes is 1. The van der Waals surface area contributed by atoms with Crippen LogP contribution in [0.1, 0.15) is 29.5 Å². The third-order valence-corrected chi connectivity index (χ3v) is 2.20. The molecular weight excluding hydrogens is 207 g/mol. The zero-order valence-electron chi connectivity index (χ0n) is 7.68. The van der Waals surface area contributed by atoms with Crippen molar-refractivity contribution < 1.29 is 9.18 Å². The third-order valence-electron chi connectivity index (χ3n) is 1.81. The fourth-order valence-electron chi connectivity index (χ4n) is 1.11. The lowest BCUT2D eigenvalue weighted by atomic mass is 10.2. The van der Waals surface area contributed by atoms with Crippen molar-refractivity contribution in [3.05, 3.63) is 22.2 Å². The van der Waals surface area contributed by atoms with Crippen LogP contribution in [0, 0.1) is 5.82 Å². The summed E-state index contributed by atoms with van der Waals surface area (Å²) in [5.74, 6) is -0.623. The molecular formula is C9H10ClFN2O. The molecule has 1 aromatic heterocycles. The van der Waals surface area contributed by atoms with Crippen LogP contribution in [0.2, 0.25) is 5.02 Å². The summed E-state index contributed by atoms with van der Waals surface area (Å²) in [5, 5.41) is -0.114. The molecule has 2 N–H and O–H groups in total. The highest BCUT2D eigenvalue weighted by molar-refractivity contribution is 6.35. The number of nitrogens with zero attached hydrogens (tertiary/aromatic N) is 1. The minimum Gasteiger partial charge on any atom is -0.395 e. The summed E-state index contributed by atoms with van der Waals surface area (Å²) in [6.07, 6.45) is 1.63. The number of rotatable bonds is 3. The minimum atomic E-state index is -0.623. The van der Waals surface area contributed by atoms with E-state index in [2.05, 4.69) is 4.98 Å². The predicted molar refractivity (Wildman–Crippen MR) is 53.0 cm³/mol. The number of anilines is 1. The summed E-state index contributed by atoms with van der Waals surface area (Å²) < 4.78 is 13.4. The number of aromatic nitrogens is 1. The molecule has 0 fully saturated rings. The van der Waals surface area contributed by atoms with Crippen LogP contribution in [0.5, 0.6) is 0 Å². The largest absolute Gasteiger partial charge is 0.395 e. The van der Waals surface area contributed by atoms with E-state index in [-0.39, 0.29) is 22.1 Å². The van der Waals surface area contributed by atoms with Gasteiger partial charge in [0.1, 0.15) is 5.69 Å². The van der Waals surface area contributed by atoms with Gasteiger partial charge >= 0.3 is 0 Å². The average Bonchev–Trinajstić information content (AvgIpc) is 2.19. The van der Waals surface area contributed by atoms with Gasteiger partial charge < -0.3 is 5.73 Å². The molecule has 0 unspecified atom stereocenters. The number of hydrogen-bond acceptors (Lipinski definition) is 3. The molecule has 1 aromatic rings. The first-order valence-corrected chi connectivity index (χ1v) is 4.58. The van der Waals surface area contributed by atoms with Crippen molar-refractivity contribution in [2.75, 3.05) is 5.73 Å². The van der Waals surface area contributed by atoms with E-state index >= 15 is 0 Å². The van der Waals surface area contributed by atoms with Gasteiger partial charge in [0.15, 0.2) is 12.1 Å². The van der Waals surface area contributed by atoms with Gasteiger partial charge in [-0.1, -0.05) is 24.9 Å². The van der Waals surface area contributed by atoms with Gasteiger partial charge in [-0.25, -0.2) is 9.37 Å². The second-order valence-electron chi connectivity index (χ2n) is 2.85. The van der Waals surface area contributed by atoms with E-state index in [1.807, 2.05) is 6.92 Å². The monoisotopic (exact) mass is 216 g/mol. The van der Waals surface area contributed by atoms with Crippen LogP contribution >= 0.6 is 11.6 Å². The number of hydrogen-bond donors (Lipinski definition) is 1. The first kappa shape index (κ1) is 10.9. The van der Waals surface area contributed by atoms with Crippen LogP contribution in [0.15, 0.2) is 0 Å². The van der Waals surface area contributed by atoms with Gasteiger partial charge in [0.25, 0.3) is 0 Å². The highest BCUT2D eigenvalue weighted by Crippen LogP contribution is 2.26. The Labute approximate surface area is 86.1 Å². The number of pyridine rings is 1. The maximum absolute atomic E-state index is 13.4. The van der Waals surface area contributed by atoms with Gasteiger partial charge in [0, 0.05) is 0 Å². The molecule has 0 aliphatic heterocycles. The Bertz CT molecular complexity index is 368. The third kappa shape index (κ3) is 1.85. The van der Waals surface area contributed by atoms with Crippen LogP contribution in [0.25, 0.3) is 0 Å². The molecule has 76 valence electrons. The standard InChI is InChI=1S/C9H10ClFN2O/c1-2-3-5-8(11)9(12)7(10)6(4-14)13-5/h4H,2-3H2,1H3,(H2,12,13). The van der Waals surface area contributed by atoms with Crippen molar-refractivity contribution in [3.8, 4) is 0 Å². The minimum absolute atomic E-state index is 0.00554. The number of carbonyl (C=O) groups is 1. The van der Waals surface area contributed by atoms with E-state index in [4.69, 9.17) is 17.3 Å². The average molecular weight is 217 g/mol. The van der Waals surface area contributed by atoms with Gasteiger partial charge in [-0.15, -0.1) is 0 Å². The molecule has 3 nitrogen and oxygen atoms in total. The Kier molecular flexibility index (Phi) is 3.41. The maximum Gasteiger partial charge on any atom is 0.170 e. The lowest BCUT2D eigenvalue weighted by molar-refractivity contribution is 0.111. The van der Waals surface area contributed by atoms with Crippen molar-refractivity contribution >= 4 is 23.6 Å². The molecule has 0 bridgehead atoms. The van der Waals surface area contributed by atoms with E-state index in [0.717, 1.165) is 6.42 Å². The molecule has 0 spiro atoms. The zero-order valence-corrected chi connectivity index (χ0v) is 8.44. The summed E-state index contributed by atoms with van der Waals surface area (Å²) in [4.78, 5) is 14.3. The number of halogens is 2. The Morgan fingerprint density at radius 1 is 1.64 bits per heavy atom. The van der Waals surface area contributed by atoms with Gasteiger partial charge in [-0.2, -0.15) is 0 Å². The van der Waals surface area contributed by atoms with Crippen LogP contribution in [0.3, 0.4) is 0 Å². The molecule has 0 radical (unpaired) electrons. The Hall–Kier alpha value is -1.16. The smallest absolute Gasteiger partial charge is 0.170 e. The quantitative estimate of drug-likeness (QED) is 0.789. The van der Waals surface area contributed by atoms with Gasteiger partial charge in [-0.05, 0) is 6.42 Å². The van der Waals surface area contributed by atoms with E-state index < -0.39 is 5.82 Å². The van der Waals surface area contributed by atoms with Crippen LogP contribution in [0.4, 0.5) is 10.1 Å². The van der Waals surface area contributed by atoms with Crippen LogP contribution in [-0.4, -0.2) is 11.3 Å². The summed E-state index contributed by atoms with van der Waals surface area (Å²) in [5.41, 5.74) is 5.37. The molecule has 5 heteroatoms. The summed E-state index contributed by atoms with van der Waals surface area (Å²) in [6.45, 7) is 1.88. The fourth-order valence-corrected chi connectivity index (χ4v) is 1.28. The molecule has 0 saturated carbocycles. The van der Waals surface area contributed by atoms with Crippen molar-refractivity contribution in [2.24, 2.45) is 0 Å². The second-order valence-corrected chi connectivity index (χ2v) is 3.23.